The first kappa shape index (κ1) is 25.3. The highest BCUT2D eigenvalue weighted by Gasteiger charge is 2.32. The molecule has 0 aromatic heterocycles. The van der Waals surface area contributed by atoms with Crippen LogP contribution in [-0.4, -0.2) is 30.0 Å². The third-order valence-electron chi connectivity index (χ3n) is 5.90. The number of thioether (sulfide) groups is 1. The van der Waals surface area contributed by atoms with Gasteiger partial charge in [0.1, 0.15) is 5.75 Å². The van der Waals surface area contributed by atoms with Gasteiger partial charge in [0.05, 0.1) is 25.9 Å². The predicted molar refractivity (Wildman–Crippen MR) is 136 cm³/mol. The van der Waals surface area contributed by atoms with Crippen LogP contribution in [0, 0.1) is 0 Å². The van der Waals surface area contributed by atoms with E-state index >= 15 is 0 Å². The molecule has 1 aliphatic heterocycles. The van der Waals surface area contributed by atoms with E-state index < -0.39 is 6.29 Å². The van der Waals surface area contributed by atoms with Gasteiger partial charge in [-0.1, -0.05) is 60.7 Å². The summed E-state index contributed by atoms with van der Waals surface area (Å²) in [6.45, 7) is 2.01. The van der Waals surface area contributed by atoms with Gasteiger partial charge >= 0.3 is 0 Å². The van der Waals surface area contributed by atoms with Crippen molar-refractivity contribution >= 4 is 17.7 Å². The second kappa shape index (κ2) is 12.2. The molecule has 1 amide bonds. The Labute approximate surface area is 210 Å². The van der Waals surface area contributed by atoms with Crippen LogP contribution in [0.5, 0.6) is 5.75 Å². The SMILES string of the molecule is COc1ccccc1SC[C@H]1C[C@@H](c2ccc(CO)cc2)O[C@@H](c2ccc(CNC(C)=O)cc2)O1. The number of aliphatic hydroxyl groups is 1. The molecule has 3 atom stereocenters. The highest BCUT2D eigenvalue weighted by Crippen LogP contribution is 2.40. The molecule has 184 valence electrons. The average Bonchev–Trinajstić information content (AvgIpc) is 2.91. The van der Waals surface area contributed by atoms with E-state index in [1.54, 1.807) is 18.9 Å². The first-order chi connectivity index (χ1) is 17.1. The Morgan fingerprint density at radius 1 is 1.00 bits per heavy atom. The van der Waals surface area contributed by atoms with E-state index in [2.05, 4.69) is 11.4 Å². The number of para-hydroxylation sites is 1. The van der Waals surface area contributed by atoms with Gasteiger partial charge in [-0.2, -0.15) is 0 Å². The maximum Gasteiger partial charge on any atom is 0.217 e. The highest BCUT2D eigenvalue weighted by atomic mass is 32.2. The normalized spacial score (nSPS) is 19.8. The van der Waals surface area contributed by atoms with Gasteiger partial charge in [-0.15, -0.1) is 11.8 Å². The Kier molecular flexibility index (Phi) is 8.82. The molecule has 0 bridgehead atoms. The van der Waals surface area contributed by atoms with Gasteiger partial charge in [-0.3, -0.25) is 4.79 Å². The Balaban J connectivity index is 1.51. The molecule has 3 aromatic carbocycles. The van der Waals surface area contributed by atoms with Gasteiger partial charge in [-0.25, -0.2) is 0 Å². The van der Waals surface area contributed by atoms with Crippen molar-refractivity contribution < 1.29 is 24.1 Å². The summed E-state index contributed by atoms with van der Waals surface area (Å²) in [5.74, 6) is 1.55. The molecule has 1 heterocycles. The van der Waals surface area contributed by atoms with Crippen molar-refractivity contribution in [3.63, 3.8) is 0 Å². The molecular weight excluding hydrogens is 462 g/mol. The van der Waals surface area contributed by atoms with Crippen LogP contribution in [0.2, 0.25) is 0 Å². The van der Waals surface area contributed by atoms with Crippen molar-refractivity contribution in [3.8, 4) is 5.75 Å². The Morgan fingerprint density at radius 3 is 2.37 bits per heavy atom. The largest absolute Gasteiger partial charge is 0.496 e. The molecule has 35 heavy (non-hydrogen) atoms. The monoisotopic (exact) mass is 493 g/mol. The number of benzene rings is 3. The summed E-state index contributed by atoms with van der Waals surface area (Å²) in [6.07, 6.45) is 0.0379. The number of methoxy groups -OCH3 is 1. The molecule has 1 fully saturated rings. The van der Waals surface area contributed by atoms with Gasteiger partial charge in [0, 0.05) is 36.1 Å². The van der Waals surface area contributed by atoms with E-state index in [-0.39, 0.29) is 24.7 Å². The number of hydrogen-bond donors (Lipinski definition) is 2. The van der Waals surface area contributed by atoms with E-state index in [0.29, 0.717) is 6.54 Å². The average molecular weight is 494 g/mol. The molecule has 0 radical (unpaired) electrons. The summed E-state index contributed by atoms with van der Waals surface area (Å²) in [5, 5.41) is 12.2. The number of carbonyl (C=O) groups is 1. The fourth-order valence-corrected chi connectivity index (χ4v) is 5.01. The van der Waals surface area contributed by atoms with Gasteiger partial charge in [0.2, 0.25) is 5.91 Å². The van der Waals surface area contributed by atoms with Crippen LogP contribution in [0.3, 0.4) is 0 Å². The molecule has 3 aromatic rings. The number of nitrogens with one attached hydrogen (secondary N) is 1. The minimum absolute atomic E-state index is 0.0144. The molecule has 2 N–H and O–H groups in total. The fourth-order valence-electron chi connectivity index (χ4n) is 3.96. The number of hydrogen-bond acceptors (Lipinski definition) is 6. The summed E-state index contributed by atoms with van der Waals surface area (Å²) < 4.78 is 18.3. The number of rotatable bonds is 9. The third-order valence-corrected chi connectivity index (χ3v) is 7.09. The molecule has 4 rings (SSSR count). The molecule has 0 spiro atoms. The van der Waals surface area contributed by atoms with E-state index in [1.165, 1.54) is 6.92 Å². The highest BCUT2D eigenvalue weighted by molar-refractivity contribution is 7.99. The second-order valence-corrected chi connectivity index (χ2v) is 9.53. The van der Waals surface area contributed by atoms with Crippen molar-refractivity contribution in [2.45, 2.75) is 49.9 Å². The minimum Gasteiger partial charge on any atom is -0.496 e. The predicted octanol–water partition coefficient (Wildman–Crippen LogP) is 5.16. The van der Waals surface area contributed by atoms with Crippen molar-refractivity contribution in [1.82, 2.24) is 5.32 Å². The maximum atomic E-state index is 11.2. The van der Waals surface area contributed by atoms with Crippen molar-refractivity contribution in [2.75, 3.05) is 12.9 Å². The van der Waals surface area contributed by atoms with E-state index in [0.717, 1.165) is 45.1 Å². The Hall–Kier alpha value is -2.84. The van der Waals surface area contributed by atoms with E-state index in [4.69, 9.17) is 14.2 Å². The Morgan fingerprint density at radius 2 is 1.69 bits per heavy atom. The second-order valence-electron chi connectivity index (χ2n) is 8.46. The number of ether oxygens (including phenoxy) is 3. The number of aliphatic hydroxyl groups excluding tert-OH is 1. The first-order valence-electron chi connectivity index (χ1n) is 11.7. The van der Waals surface area contributed by atoms with E-state index in [1.807, 2.05) is 66.7 Å². The van der Waals surface area contributed by atoms with E-state index in [9.17, 15) is 9.90 Å². The van der Waals surface area contributed by atoms with Crippen LogP contribution in [0.25, 0.3) is 0 Å². The maximum absolute atomic E-state index is 11.2. The summed E-state index contributed by atoms with van der Waals surface area (Å²) in [5.41, 5.74) is 3.88. The van der Waals surface area contributed by atoms with Gasteiger partial charge < -0.3 is 24.6 Å². The molecule has 0 unspecified atom stereocenters. The quantitative estimate of drug-likeness (QED) is 0.401. The van der Waals surface area contributed by atoms with Crippen LogP contribution in [0.1, 0.15) is 48.0 Å². The molecule has 0 saturated carbocycles. The topological polar surface area (TPSA) is 77.0 Å². The van der Waals surface area contributed by atoms with Gasteiger partial charge in [0.15, 0.2) is 6.29 Å². The summed E-state index contributed by atoms with van der Waals surface area (Å²) in [4.78, 5) is 12.3. The molecule has 0 aliphatic carbocycles. The smallest absolute Gasteiger partial charge is 0.217 e. The van der Waals surface area contributed by atoms with Gasteiger partial charge in [0.25, 0.3) is 0 Å². The van der Waals surface area contributed by atoms with Gasteiger partial charge in [-0.05, 0) is 28.8 Å². The molecular formula is C28H31NO5S. The lowest BCUT2D eigenvalue weighted by Crippen LogP contribution is -2.31. The van der Waals surface area contributed by atoms with Crippen LogP contribution >= 0.6 is 11.8 Å². The number of amides is 1. The van der Waals surface area contributed by atoms with Crippen molar-refractivity contribution in [3.05, 3.63) is 95.1 Å². The lowest BCUT2D eigenvalue weighted by atomic mass is 10.0. The van der Waals surface area contributed by atoms with Crippen LogP contribution in [0.15, 0.2) is 77.7 Å². The molecule has 7 heteroatoms. The minimum atomic E-state index is -0.510. The van der Waals surface area contributed by atoms with Crippen LogP contribution in [0.4, 0.5) is 0 Å². The zero-order valence-corrected chi connectivity index (χ0v) is 20.8. The molecule has 1 saturated heterocycles. The summed E-state index contributed by atoms with van der Waals surface area (Å²) in [7, 11) is 1.68. The zero-order chi connectivity index (χ0) is 24.6. The number of carbonyl (C=O) groups excluding carboxylic acids is 1. The fraction of sp³-hybridized carbons (Fsp3) is 0.321. The summed E-state index contributed by atoms with van der Waals surface area (Å²) >= 11 is 1.71. The Bertz CT molecular complexity index is 1100. The van der Waals surface area contributed by atoms with Crippen LogP contribution < -0.4 is 10.1 Å². The molecule has 6 nitrogen and oxygen atoms in total. The van der Waals surface area contributed by atoms with Crippen LogP contribution in [-0.2, 0) is 27.4 Å². The first-order valence-corrected chi connectivity index (χ1v) is 12.6. The standard InChI is InChI=1S/C28H31NO5S/c1-19(31)29-16-20-7-13-23(14-8-20)28-33-24(18-35-27-6-4-3-5-25(27)32-2)15-26(34-28)22-11-9-21(17-30)10-12-22/h3-14,24,26,28,30H,15-18H2,1-2H3,(H,29,31)/t24-,26+,28+/m1/s1. The lowest BCUT2D eigenvalue weighted by Gasteiger charge is -2.36. The molecule has 1 aliphatic rings. The van der Waals surface area contributed by atoms with Crippen molar-refractivity contribution in [2.24, 2.45) is 0 Å². The van der Waals surface area contributed by atoms with Crippen molar-refractivity contribution in [1.29, 1.82) is 0 Å². The lowest BCUT2D eigenvalue weighted by molar-refractivity contribution is -0.245. The summed E-state index contributed by atoms with van der Waals surface area (Å²) in [6, 6.07) is 23.8. The third kappa shape index (κ3) is 6.86. The zero-order valence-electron chi connectivity index (χ0n) is 20.0.